The molecule has 2 saturated heterocycles. The minimum Gasteiger partial charge on any atom is -0.323 e. The van der Waals surface area contributed by atoms with Crippen molar-refractivity contribution in [2.75, 3.05) is 18.0 Å². The van der Waals surface area contributed by atoms with Crippen LogP contribution in [0.3, 0.4) is 0 Å². The van der Waals surface area contributed by atoms with E-state index in [9.17, 15) is 22.8 Å². The number of piperidine rings is 1. The Morgan fingerprint density at radius 3 is 2.15 bits per heavy atom. The zero-order chi connectivity index (χ0) is 29.0. The van der Waals surface area contributed by atoms with Crippen molar-refractivity contribution in [2.45, 2.75) is 84.2 Å². The van der Waals surface area contributed by atoms with Crippen molar-refractivity contribution >= 4 is 45.5 Å². The Labute approximate surface area is 236 Å². The summed E-state index contributed by atoms with van der Waals surface area (Å²) in [5.41, 5.74) is 0.779. The molecule has 3 heterocycles. The maximum absolute atomic E-state index is 13.2. The van der Waals surface area contributed by atoms with E-state index in [1.54, 1.807) is 32.1 Å². The minimum absolute atomic E-state index is 0.103. The van der Waals surface area contributed by atoms with E-state index in [-0.39, 0.29) is 30.8 Å². The van der Waals surface area contributed by atoms with Gasteiger partial charge in [-0.1, -0.05) is 19.8 Å². The molecule has 11 heteroatoms. The van der Waals surface area contributed by atoms with E-state index in [4.69, 9.17) is 4.99 Å². The lowest BCUT2D eigenvalue weighted by Gasteiger charge is -2.34. The lowest BCUT2D eigenvalue weighted by Crippen LogP contribution is -2.50. The van der Waals surface area contributed by atoms with Crippen LogP contribution in [-0.4, -0.2) is 60.6 Å². The number of carbonyl (C=O) groups excluding carboxylic acids is 3. The molecule has 216 valence electrons. The molecule has 4 aliphatic rings. The zero-order valence-electron chi connectivity index (χ0n) is 23.9. The van der Waals surface area contributed by atoms with Gasteiger partial charge in [-0.3, -0.25) is 14.6 Å². The van der Waals surface area contributed by atoms with Crippen molar-refractivity contribution in [3.8, 4) is 0 Å². The molecule has 2 N–H and O–H groups in total. The van der Waals surface area contributed by atoms with Crippen molar-refractivity contribution < 1.29 is 22.8 Å². The van der Waals surface area contributed by atoms with E-state index in [0.29, 0.717) is 30.0 Å². The standard InChI is InChI=1S/C29H39N5O5S/c1-18-6-8-21(9-7-18)24-30-25(35)29(31-24)11-13-33(14-12-29)40(38,39)15-10-23-19(2)16-22(17-20(23)3)34-26(36)28(4,5)32-27(34)37/h10,15-18,21H,6-9,11-14H2,1-5H3,(H,32,37)(H,30,31,35)/b15-10+. The Kier molecular flexibility index (Phi) is 7.19. The average molecular weight is 570 g/mol. The quantitative estimate of drug-likeness (QED) is 0.524. The molecule has 1 aliphatic carbocycles. The normalized spacial score (nSPS) is 26.9. The third kappa shape index (κ3) is 5.09. The van der Waals surface area contributed by atoms with Gasteiger partial charge in [-0.25, -0.2) is 18.1 Å². The van der Waals surface area contributed by atoms with E-state index >= 15 is 0 Å². The van der Waals surface area contributed by atoms with Gasteiger partial charge in [0.2, 0.25) is 10.0 Å². The third-order valence-electron chi connectivity index (χ3n) is 8.91. The zero-order valence-corrected chi connectivity index (χ0v) is 24.7. The third-order valence-corrected chi connectivity index (χ3v) is 10.5. The number of benzene rings is 1. The summed E-state index contributed by atoms with van der Waals surface area (Å²) < 4.78 is 27.9. The van der Waals surface area contributed by atoms with Crippen LogP contribution >= 0.6 is 0 Å². The van der Waals surface area contributed by atoms with Gasteiger partial charge in [-0.05, 0) is 94.2 Å². The summed E-state index contributed by atoms with van der Waals surface area (Å²) in [6, 6.07) is 2.94. The molecule has 5 rings (SSSR count). The Balaban J connectivity index is 1.27. The molecule has 1 aromatic carbocycles. The lowest BCUT2D eigenvalue weighted by molar-refractivity contribution is -0.125. The van der Waals surface area contributed by atoms with E-state index < -0.39 is 27.1 Å². The number of sulfonamides is 1. The number of nitrogens with zero attached hydrogens (tertiary/aromatic N) is 3. The van der Waals surface area contributed by atoms with Crippen LogP contribution in [0.5, 0.6) is 0 Å². The summed E-state index contributed by atoms with van der Waals surface area (Å²) in [6.07, 6.45) is 6.60. The molecular formula is C29H39N5O5S. The molecule has 1 aromatic rings. The van der Waals surface area contributed by atoms with Crippen molar-refractivity contribution in [2.24, 2.45) is 16.8 Å². The summed E-state index contributed by atoms with van der Waals surface area (Å²) in [5, 5.41) is 6.90. The molecule has 3 aliphatic heterocycles. The van der Waals surface area contributed by atoms with Gasteiger partial charge in [0.05, 0.1) is 5.69 Å². The van der Waals surface area contributed by atoms with Crippen molar-refractivity contribution in [1.29, 1.82) is 0 Å². The second kappa shape index (κ2) is 10.1. The maximum Gasteiger partial charge on any atom is 0.329 e. The van der Waals surface area contributed by atoms with Gasteiger partial charge in [0.15, 0.2) is 0 Å². The van der Waals surface area contributed by atoms with Crippen molar-refractivity contribution in [3.63, 3.8) is 0 Å². The molecule has 0 radical (unpaired) electrons. The number of hydrogen-bond donors (Lipinski definition) is 2. The molecule has 0 aromatic heterocycles. The molecule has 1 saturated carbocycles. The first-order chi connectivity index (χ1) is 18.7. The number of aryl methyl sites for hydroxylation is 2. The number of hydrogen-bond acceptors (Lipinski definition) is 6. The number of anilines is 1. The van der Waals surface area contributed by atoms with Gasteiger partial charge in [0.1, 0.15) is 16.9 Å². The second-order valence-electron chi connectivity index (χ2n) is 12.4. The Morgan fingerprint density at radius 2 is 1.60 bits per heavy atom. The van der Waals surface area contributed by atoms with Gasteiger partial charge in [0, 0.05) is 24.4 Å². The van der Waals surface area contributed by atoms with E-state index in [1.165, 1.54) is 9.71 Å². The van der Waals surface area contributed by atoms with Gasteiger partial charge >= 0.3 is 6.03 Å². The fourth-order valence-corrected chi connectivity index (χ4v) is 7.46. The first-order valence-corrected chi connectivity index (χ1v) is 15.6. The summed E-state index contributed by atoms with van der Waals surface area (Å²) in [5.74, 6) is 1.34. The van der Waals surface area contributed by atoms with Crippen LogP contribution < -0.4 is 15.5 Å². The molecule has 40 heavy (non-hydrogen) atoms. The summed E-state index contributed by atoms with van der Waals surface area (Å²) in [4.78, 5) is 44.1. The second-order valence-corrected chi connectivity index (χ2v) is 14.2. The molecule has 0 bridgehead atoms. The first-order valence-electron chi connectivity index (χ1n) is 14.1. The van der Waals surface area contributed by atoms with Crippen LogP contribution in [0.15, 0.2) is 22.5 Å². The first kappa shape index (κ1) is 28.5. The number of amidine groups is 1. The molecule has 4 amide bonds. The van der Waals surface area contributed by atoms with Crippen LogP contribution in [0.4, 0.5) is 10.5 Å². The van der Waals surface area contributed by atoms with Crippen molar-refractivity contribution in [1.82, 2.24) is 14.9 Å². The molecule has 3 fully saturated rings. The number of rotatable bonds is 5. The Morgan fingerprint density at radius 1 is 1.00 bits per heavy atom. The van der Waals surface area contributed by atoms with Crippen LogP contribution in [0.2, 0.25) is 0 Å². The summed E-state index contributed by atoms with van der Waals surface area (Å²) >= 11 is 0. The predicted molar refractivity (Wildman–Crippen MR) is 154 cm³/mol. The highest BCUT2D eigenvalue weighted by molar-refractivity contribution is 7.92. The topological polar surface area (TPSA) is 128 Å². The lowest BCUT2D eigenvalue weighted by atomic mass is 9.82. The Hall–Kier alpha value is -3.05. The number of aliphatic imine (C=N–C) groups is 1. The maximum atomic E-state index is 13.2. The summed E-state index contributed by atoms with van der Waals surface area (Å²) in [6.45, 7) is 9.63. The number of amides is 4. The molecule has 0 atom stereocenters. The highest BCUT2D eigenvalue weighted by atomic mass is 32.2. The van der Waals surface area contributed by atoms with Crippen molar-refractivity contribution in [3.05, 3.63) is 34.2 Å². The fourth-order valence-electron chi connectivity index (χ4n) is 6.29. The number of imide groups is 1. The highest BCUT2D eigenvalue weighted by Crippen LogP contribution is 2.36. The van der Waals surface area contributed by atoms with Crippen LogP contribution in [0.25, 0.3) is 6.08 Å². The molecular weight excluding hydrogens is 530 g/mol. The van der Waals surface area contributed by atoms with E-state index in [1.807, 2.05) is 13.8 Å². The van der Waals surface area contributed by atoms with E-state index in [0.717, 1.165) is 47.5 Å². The van der Waals surface area contributed by atoms with Gasteiger partial charge in [0.25, 0.3) is 11.8 Å². The van der Waals surface area contributed by atoms with E-state index in [2.05, 4.69) is 17.6 Å². The number of urea groups is 1. The predicted octanol–water partition coefficient (Wildman–Crippen LogP) is 3.63. The molecule has 10 nitrogen and oxygen atoms in total. The largest absolute Gasteiger partial charge is 0.329 e. The van der Waals surface area contributed by atoms with Gasteiger partial charge in [-0.15, -0.1) is 0 Å². The number of nitrogens with one attached hydrogen (secondary N) is 2. The highest BCUT2D eigenvalue weighted by Gasteiger charge is 2.48. The van der Waals surface area contributed by atoms with Gasteiger partial charge < -0.3 is 10.6 Å². The monoisotopic (exact) mass is 569 g/mol. The molecule has 0 unspecified atom stereocenters. The van der Waals surface area contributed by atoms with Crippen LogP contribution in [0.1, 0.15) is 76.0 Å². The average Bonchev–Trinajstić information content (AvgIpc) is 3.29. The number of carbonyl (C=O) groups is 3. The van der Waals surface area contributed by atoms with Crippen LogP contribution in [0, 0.1) is 25.7 Å². The molecule has 1 spiro atoms. The smallest absolute Gasteiger partial charge is 0.323 e. The van der Waals surface area contributed by atoms with Crippen LogP contribution in [-0.2, 0) is 19.6 Å². The minimum atomic E-state index is -3.73. The summed E-state index contributed by atoms with van der Waals surface area (Å²) in [7, 11) is -3.73. The van der Waals surface area contributed by atoms with Gasteiger partial charge in [-0.2, -0.15) is 4.31 Å². The fraction of sp³-hybridized carbons (Fsp3) is 0.586. The Bertz CT molecular complexity index is 1390. The SMILES string of the molecule is Cc1cc(N2C(=O)NC(C)(C)C2=O)cc(C)c1/C=C/S(=O)(=O)N1CCC2(CC1)N=C(C1CCC(C)CC1)NC2=O.